The Morgan fingerprint density at radius 3 is 2.75 bits per heavy atom. The summed E-state index contributed by atoms with van der Waals surface area (Å²) in [5.74, 6) is 1.08. The molecule has 122 valence electrons. The summed E-state index contributed by atoms with van der Waals surface area (Å²) in [5, 5.41) is 3.34. The minimum absolute atomic E-state index is 0.158. The van der Waals surface area contributed by atoms with Gasteiger partial charge in [0.15, 0.2) is 12.2 Å². The highest BCUT2D eigenvalue weighted by Crippen LogP contribution is 2.40. The number of anilines is 1. The van der Waals surface area contributed by atoms with Gasteiger partial charge >= 0.3 is 0 Å². The fraction of sp³-hybridized carbons (Fsp3) is 0.111. The standard InChI is InChI=1S/C18H15ClN2O3/c1-11(22)21-15-4-3-5-16(23-2)18(15)12-6-7-13(14(19)8-12)17-9-20-10-24-17/h3-10H,1-2H3,(H,21,22). The molecule has 0 saturated heterocycles. The van der Waals surface area contributed by atoms with E-state index in [1.165, 1.54) is 13.3 Å². The highest BCUT2D eigenvalue weighted by Gasteiger charge is 2.15. The van der Waals surface area contributed by atoms with E-state index in [1.807, 2.05) is 36.4 Å². The average Bonchev–Trinajstić information content (AvgIpc) is 3.08. The number of rotatable bonds is 4. The summed E-state index contributed by atoms with van der Waals surface area (Å²) >= 11 is 6.41. The molecule has 0 saturated carbocycles. The van der Waals surface area contributed by atoms with E-state index in [0.717, 1.165) is 16.7 Å². The molecule has 1 amide bonds. The van der Waals surface area contributed by atoms with Gasteiger partial charge in [0.1, 0.15) is 5.75 Å². The van der Waals surface area contributed by atoms with Crippen LogP contribution in [-0.4, -0.2) is 18.0 Å². The van der Waals surface area contributed by atoms with Crippen molar-refractivity contribution in [1.29, 1.82) is 0 Å². The van der Waals surface area contributed by atoms with Crippen molar-refractivity contribution in [2.75, 3.05) is 12.4 Å². The van der Waals surface area contributed by atoms with Crippen LogP contribution < -0.4 is 10.1 Å². The van der Waals surface area contributed by atoms with Gasteiger partial charge in [0.05, 0.1) is 24.0 Å². The summed E-state index contributed by atoms with van der Waals surface area (Å²) in [6.45, 7) is 1.46. The van der Waals surface area contributed by atoms with Crippen LogP contribution >= 0.6 is 11.6 Å². The Kier molecular flexibility index (Phi) is 4.53. The first-order chi connectivity index (χ1) is 11.6. The number of methoxy groups -OCH3 is 1. The Balaban J connectivity index is 2.12. The fourth-order valence-corrected chi connectivity index (χ4v) is 2.79. The van der Waals surface area contributed by atoms with Crippen LogP contribution in [0.1, 0.15) is 6.92 Å². The summed E-state index contributed by atoms with van der Waals surface area (Å²) in [4.78, 5) is 15.4. The Morgan fingerprint density at radius 1 is 1.29 bits per heavy atom. The molecule has 2 aromatic carbocycles. The van der Waals surface area contributed by atoms with Gasteiger partial charge < -0.3 is 14.5 Å². The van der Waals surface area contributed by atoms with E-state index in [0.29, 0.717) is 22.2 Å². The number of carbonyl (C=O) groups is 1. The number of halogens is 1. The number of hydrogen-bond donors (Lipinski definition) is 1. The molecule has 0 fully saturated rings. The van der Waals surface area contributed by atoms with Crippen molar-refractivity contribution in [3.63, 3.8) is 0 Å². The smallest absolute Gasteiger partial charge is 0.221 e. The molecular weight excluding hydrogens is 328 g/mol. The van der Waals surface area contributed by atoms with Crippen LogP contribution in [-0.2, 0) is 4.79 Å². The molecule has 0 atom stereocenters. The Labute approximate surface area is 144 Å². The minimum atomic E-state index is -0.158. The first-order valence-electron chi connectivity index (χ1n) is 7.23. The molecule has 6 heteroatoms. The van der Waals surface area contributed by atoms with Crippen molar-refractivity contribution >= 4 is 23.2 Å². The molecule has 0 aliphatic heterocycles. The molecular formula is C18H15ClN2O3. The molecule has 0 radical (unpaired) electrons. The molecule has 1 heterocycles. The Morgan fingerprint density at radius 2 is 2.12 bits per heavy atom. The van der Waals surface area contributed by atoms with Gasteiger partial charge in [-0.3, -0.25) is 4.79 Å². The predicted octanol–water partition coefficient (Wildman–Crippen LogP) is 4.63. The molecule has 0 aliphatic carbocycles. The maximum atomic E-state index is 11.5. The first-order valence-corrected chi connectivity index (χ1v) is 7.61. The van der Waals surface area contributed by atoms with Gasteiger partial charge in [-0.2, -0.15) is 0 Å². The molecule has 3 rings (SSSR count). The summed E-state index contributed by atoms with van der Waals surface area (Å²) in [7, 11) is 1.58. The van der Waals surface area contributed by atoms with Gasteiger partial charge in [-0.15, -0.1) is 0 Å². The van der Waals surface area contributed by atoms with Crippen molar-refractivity contribution in [3.8, 4) is 28.2 Å². The quantitative estimate of drug-likeness (QED) is 0.750. The van der Waals surface area contributed by atoms with E-state index in [-0.39, 0.29) is 5.91 Å². The molecule has 3 aromatic rings. The summed E-state index contributed by atoms with van der Waals surface area (Å²) < 4.78 is 10.7. The van der Waals surface area contributed by atoms with Gasteiger partial charge in [-0.25, -0.2) is 4.98 Å². The second-order valence-corrected chi connectivity index (χ2v) is 5.53. The largest absolute Gasteiger partial charge is 0.496 e. The molecule has 0 unspecified atom stereocenters. The Bertz CT molecular complexity index is 876. The predicted molar refractivity (Wildman–Crippen MR) is 93.2 cm³/mol. The molecule has 5 nitrogen and oxygen atoms in total. The van der Waals surface area contributed by atoms with Crippen LogP contribution in [0.15, 0.2) is 53.4 Å². The third-order valence-electron chi connectivity index (χ3n) is 3.51. The maximum Gasteiger partial charge on any atom is 0.221 e. The lowest BCUT2D eigenvalue weighted by Gasteiger charge is -2.15. The zero-order chi connectivity index (χ0) is 17.1. The monoisotopic (exact) mass is 342 g/mol. The average molecular weight is 343 g/mol. The molecule has 0 bridgehead atoms. The second-order valence-electron chi connectivity index (χ2n) is 5.12. The number of nitrogens with one attached hydrogen (secondary N) is 1. The lowest BCUT2D eigenvalue weighted by Crippen LogP contribution is -2.07. The van der Waals surface area contributed by atoms with E-state index in [4.69, 9.17) is 20.8 Å². The van der Waals surface area contributed by atoms with Crippen LogP contribution in [0.25, 0.3) is 22.5 Å². The zero-order valence-electron chi connectivity index (χ0n) is 13.2. The highest BCUT2D eigenvalue weighted by molar-refractivity contribution is 6.33. The summed E-state index contributed by atoms with van der Waals surface area (Å²) in [6, 6.07) is 11.0. The van der Waals surface area contributed by atoms with E-state index in [2.05, 4.69) is 10.3 Å². The number of oxazole rings is 1. The van der Waals surface area contributed by atoms with Gasteiger partial charge in [0.25, 0.3) is 0 Å². The molecule has 1 aromatic heterocycles. The van der Waals surface area contributed by atoms with Crippen LogP contribution in [0.5, 0.6) is 5.75 Å². The fourth-order valence-electron chi connectivity index (χ4n) is 2.51. The number of carbonyl (C=O) groups excluding carboxylic acids is 1. The molecule has 1 N–H and O–H groups in total. The normalized spacial score (nSPS) is 10.5. The number of amides is 1. The molecule has 0 aliphatic rings. The van der Waals surface area contributed by atoms with Crippen molar-refractivity contribution in [1.82, 2.24) is 4.98 Å². The van der Waals surface area contributed by atoms with Crippen molar-refractivity contribution < 1.29 is 13.9 Å². The number of hydrogen-bond acceptors (Lipinski definition) is 4. The van der Waals surface area contributed by atoms with Crippen molar-refractivity contribution in [2.24, 2.45) is 0 Å². The molecule has 24 heavy (non-hydrogen) atoms. The summed E-state index contributed by atoms with van der Waals surface area (Å²) in [6.07, 6.45) is 2.96. The number of nitrogens with zero attached hydrogens (tertiary/aromatic N) is 1. The number of benzene rings is 2. The number of aromatic nitrogens is 1. The number of ether oxygens (including phenoxy) is 1. The summed E-state index contributed by atoms with van der Waals surface area (Å²) in [5.41, 5.74) is 2.99. The van der Waals surface area contributed by atoms with Gasteiger partial charge in [0.2, 0.25) is 5.91 Å². The second kappa shape index (κ2) is 6.76. The van der Waals surface area contributed by atoms with Crippen molar-refractivity contribution in [2.45, 2.75) is 6.92 Å². The first kappa shape index (κ1) is 16.1. The van der Waals surface area contributed by atoms with E-state index in [9.17, 15) is 4.79 Å². The topological polar surface area (TPSA) is 64.4 Å². The highest BCUT2D eigenvalue weighted by atomic mass is 35.5. The van der Waals surface area contributed by atoms with Crippen molar-refractivity contribution in [3.05, 3.63) is 54.0 Å². The van der Waals surface area contributed by atoms with Crippen LogP contribution in [0.2, 0.25) is 5.02 Å². The third-order valence-corrected chi connectivity index (χ3v) is 3.83. The zero-order valence-corrected chi connectivity index (χ0v) is 13.9. The van der Waals surface area contributed by atoms with Crippen LogP contribution in [0, 0.1) is 0 Å². The molecule has 0 spiro atoms. The lowest BCUT2D eigenvalue weighted by molar-refractivity contribution is -0.114. The van der Waals surface area contributed by atoms with Crippen LogP contribution in [0.3, 0.4) is 0 Å². The van der Waals surface area contributed by atoms with E-state index in [1.54, 1.807) is 13.3 Å². The SMILES string of the molecule is COc1cccc(NC(C)=O)c1-c1ccc(-c2cnco2)c(Cl)c1. The van der Waals surface area contributed by atoms with Crippen LogP contribution in [0.4, 0.5) is 5.69 Å². The van der Waals surface area contributed by atoms with Gasteiger partial charge in [-0.05, 0) is 29.8 Å². The third kappa shape index (κ3) is 3.12. The van der Waals surface area contributed by atoms with Gasteiger partial charge in [-0.1, -0.05) is 23.7 Å². The van der Waals surface area contributed by atoms with E-state index < -0.39 is 0 Å². The van der Waals surface area contributed by atoms with E-state index >= 15 is 0 Å². The lowest BCUT2D eigenvalue weighted by atomic mass is 10.00. The van der Waals surface area contributed by atoms with Gasteiger partial charge in [0, 0.05) is 18.1 Å². The minimum Gasteiger partial charge on any atom is -0.496 e. The Hall–Kier alpha value is -2.79. The maximum absolute atomic E-state index is 11.5.